The van der Waals surface area contributed by atoms with E-state index >= 15 is 0 Å². The van der Waals surface area contributed by atoms with E-state index in [9.17, 15) is 14.4 Å². The first-order chi connectivity index (χ1) is 16.0. The molecule has 8 heteroatoms. The van der Waals surface area contributed by atoms with Crippen LogP contribution in [0.15, 0.2) is 54.6 Å². The number of hydrogen-bond donors (Lipinski definition) is 1. The fourth-order valence-corrected chi connectivity index (χ4v) is 5.21. The van der Waals surface area contributed by atoms with Crippen LogP contribution in [0.1, 0.15) is 60.9 Å². The Kier molecular flexibility index (Phi) is 8.61. The molecule has 1 aliphatic heterocycles. The number of thiophene rings is 1. The number of anilines is 1. The Morgan fingerprint density at radius 3 is 2.26 bits per heavy atom. The number of nitrogens with one attached hydrogen (secondary N) is 1. The molecule has 3 aromatic rings. The van der Waals surface area contributed by atoms with Crippen molar-refractivity contribution in [1.82, 2.24) is 4.90 Å². The number of esters is 1. The number of hydrogen-bond acceptors (Lipinski definition) is 6. The van der Waals surface area contributed by atoms with Crippen molar-refractivity contribution in [2.45, 2.75) is 26.8 Å². The van der Waals surface area contributed by atoms with Crippen LogP contribution >= 0.6 is 23.7 Å². The summed E-state index contributed by atoms with van der Waals surface area (Å²) in [7, 11) is 0. The van der Waals surface area contributed by atoms with Gasteiger partial charge >= 0.3 is 5.97 Å². The molecule has 0 bridgehead atoms. The average Bonchev–Trinajstić information content (AvgIpc) is 3.21. The molecular formula is C26H27ClN2O4S. The van der Waals surface area contributed by atoms with Crippen LogP contribution in [-0.2, 0) is 17.7 Å². The lowest BCUT2D eigenvalue weighted by Crippen LogP contribution is -2.30. The molecule has 0 radical (unpaired) electrons. The molecule has 6 nitrogen and oxygen atoms in total. The number of likely N-dealkylation sites (N-methyl/N-ethyl adjacent to an activating group) is 1. The van der Waals surface area contributed by atoms with Crippen LogP contribution < -0.4 is 5.32 Å². The minimum Gasteiger partial charge on any atom is -0.462 e. The van der Waals surface area contributed by atoms with E-state index in [1.807, 2.05) is 18.2 Å². The van der Waals surface area contributed by atoms with Crippen molar-refractivity contribution >= 4 is 46.4 Å². The predicted octanol–water partition coefficient (Wildman–Crippen LogP) is 5.21. The largest absolute Gasteiger partial charge is 0.462 e. The summed E-state index contributed by atoms with van der Waals surface area (Å²) in [6.45, 7) is 6.72. The Balaban J connectivity index is 0.00000324. The second kappa shape index (κ2) is 11.4. The Labute approximate surface area is 209 Å². The quantitative estimate of drug-likeness (QED) is 0.357. The first-order valence-electron chi connectivity index (χ1n) is 11.1. The van der Waals surface area contributed by atoms with Gasteiger partial charge in [0.1, 0.15) is 5.00 Å². The lowest BCUT2D eigenvalue weighted by Gasteiger charge is -2.25. The second-order valence-electron chi connectivity index (χ2n) is 7.77. The number of rotatable bonds is 7. The summed E-state index contributed by atoms with van der Waals surface area (Å²) in [6, 6.07) is 15.6. The van der Waals surface area contributed by atoms with E-state index in [2.05, 4.69) is 17.1 Å². The zero-order chi connectivity index (χ0) is 23.4. The van der Waals surface area contributed by atoms with E-state index in [1.54, 1.807) is 43.3 Å². The lowest BCUT2D eigenvalue weighted by molar-refractivity contribution is 0.0526. The van der Waals surface area contributed by atoms with Gasteiger partial charge in [-0.1, -0.05) is 49.4 Å². The summed E-state index contributed by atoms with van der Waals surface area (Å²) in [4.78, 5) is 41.7. The number of benzene rings is 2. The molecule has 2 heterocycles. The van der Waals surface area contributed by atoms with Gasteiger partial charge in [-0.15, -0.1) is 23.7 Å². The highest BCUT2D eigenvalue weighted by molar-refractivity contribution is 7.17. The highest BCUT2D eigenvalue weighted by atomic mass is 35.5. The van der Waals surface area contributed by atoms with Gasteiger partial charge in [-0.3, -0.25) is 14.5 Å². The van der Waals surface area contributed by atoms with Gasteiger partial charge in [0.2, 0.25) is 0 Å². The predicted molar refractivity (Wildman–Crippen MR) is 136 cm³/mol. The number of carbonyl (C=O) groups excluding carboxylic acids is 3. The fraction of sp³-hybridized carbons (Fsp3) is 0.269. The lowest BCUT2D eigenvalue weighted by atomic mass is 10.0. The van der Waals surface area contributed by atoms with Crippen molar-refractivity contribution in [3.8, 4) is 0 Å². The molecule has 0 fully saturated rings. The zero-order valence-corrected chi connectivity index (χ0v) is 20.8. The molecule has 0 unspecified atom stereocenters. The number of fused-ring (bicyclic) bond motifs is 1. The summed E-state index contributed by atoms with van der Waals surface area (Å²) in [5, 5.41) is 3.43. The minimum atomic E-state index is -0.404. The van der Waals surface area contributed by atoms with Gasteiger partial charge in [0.25, 0.3) is 5.91 Å². The Morgan fingerprint density at radius 1 is 0.971 bits per heavy atom. The molecule has 0 spiro atoms. The monoisotopic (exact) mass is 498 g/mol. The van der Waals surface area contributed by atoms with Crippen LogP contribution in [0.2, 0.25) is 0 Å². The number of ketones is 1. The van der Waals surface area contributed by atoms with Gasteiger partial charge in [-0.05, 0) is 37.6 Å². The molecule has 1 aliphatic rings. The molecule has 178 valence electrons. The smallest absolute Gasteiger partial charge is 0.341 e. The summed E-state index contributed by atoms with van der Waals surface area (Å²) < 4.78 is 5.28. The summed E-state index contributed by atoms with van der Waals surface area (Å²) in [5.74, 6) is -0.831. The third kappa shape index (κ3) is 5.38. The van der Waals surface area contributed by atoms with Crippen LogP contribution in [0.4, 0.5) is 5.00 Å². The van der Waals surface area contributed by atoms with Crippen molar-refractivity contribution in [1.29, 1.82) is 0 Å². The third-order valence-electron chi connectivity index (χ3n) is 5.74. The van der Waals surface area contributed by atoms with Crippen LogP contribution in [0.3, 0.4) is 0 Å². The van der Waals surface area contributed by atoms with Crippen molar-refractivity contribution in [2.24, 2.45) is 0 Å². The topological polar surface area (TPSA) is 75.7 Å². The summed E-state index contributed by atoms with van der Waals surface area (Å²) >= 11 is 1.44. The van der Waals surface area contributed by atoms with Gasteiger partial charge in [0, 0.05) is 34.7 Å². The van der Waals surface area contributed by atoms with Gasteiger partial charge in [0.15, 0.2) is 5.78 Å². The number of halogens is 1. The molecule has 0 aliphatic carbocycles. The van der Waals surface area contributed by atoms with Gasteiger partial charge in [0.05, 0.1) is 12.2 Å². The molecule has 1 N–H and O–H groups in total. The summed E-state index contributed by atoms with van der Waals surface area (Å²) in [5.41, 5.74) is 2.96. The van der Waals surface area contributed by atoms with E-state index in [4.69, 9.17) is 4.74 Å². The third-order valence-corrected chi connectivity index (χ3v) is 6.87. The van der Waals surface area contributed by atoms with Gasteiger partial charge < -0.3 is 10.1 Å². The van der Waals surface area contributed by atoms with E-state index in [0.717, 1.165) is 36.5 Å². The van der Waals surface area contributed by atoms with E-state index in [1.165, 1.54) is 11.3 Å². The molecule has 0 saturated carbocycles. The maximum atomic E-state index is 13.0. The van der Waals surface area contributed by atoms with Crippen LogP contribution in [0.25, 0.3) is 0 Å². The molecule has 1 amide bonds. The van der Waals surface area contributed by atoms with E-state index in [0.29, 0.717) is 27.3 Å². The minimum absolute atomic E-state index is 0. The maximum absolute atomic E-state index is 13.0. The van der Waals surface area contributed by atoms with Crippen molar-refractivity contribution in [3.63, 3.8) is 0 Å². The molecule has 2 aromatic carbocycles. The first-order valence-corrected chi connectivity index (χ1v) is 11.9. The number of ether oxygens (including phenoxy) is 1. The van der Waals surface area contributed by atoms with Gasteiger partial charge in [-0.25, -0.2) is 4.79 Å². The Bertz CT molecular complexity index is 1180. The molecule has 1 aromatic heterocycles. The molecule has 0 atom stereocenters. The van der Waals surface area contributed by atoms with Crippen molar-refractivity contribution < 1.29 is 19.1 Å². The van der Waals surface area contributed by atoms with Crippen molar-refractivity contribution in [3.05, 3.63) is 87.3 Å². The number of nitrogens with zero attached hydrogens (tertiary/aromatic N) is 1. The van der Waals surface area contributed by atoms with E-state index in [-0.39, 0.29) is 30.7 Å². The van der Waals surface area contributed by atoms with Gasteiger partial charge in [-0.2, -0.15) is 0 Å². The van der Waals surface area contributed by atoms with Crippen LogP contribution in [0, 0.1) is 0 Å². The summed E-state index contributed by atoms with van der Waals surface area (Å²) in [6.07, 6.45) is 0.750. The number of carbonyl (C=O) groups is 3. The highest BCUT2D eigenvalue weighted by Crippen LogP contribution is 2.38. The number of amides is 1. The first kappa shape index (κ1) is 25.6. The second-order valence-corrected chi connectivity index (χ2v) is 8.88. The molecule has 0 saturated heterocycles. The highest BCUT2D eigenvalue weighted by Gasteiger charge is 2.29. The Hall–Kier alpha value is -3.00. The normalized spacial score (nSPS) is 12.9. The Morgan fingerprint density at radius 2 is 1.62 bits per heavy atom. The van der Waals surface area contributed by atoms with E-state index < -0.39 is 5.97 Å². The average molecular weight is 499 g/mol. The fourth-order valence-electron chi connectivity index (χ4n) is 3.94. The molecular weight excluding hydrogens is 472 g/mol. The SMILES string of the molecule is CCOC(=O)c1c(NC(=O)c2ccc(C(=O)c3ccccc3)cc2)sc2c1CCN(CC)C2.Cl. The standard InChI is InChI=1S/C26H26N2O4S.ClH/c1-3-28-15-14-20-21(16-28)33-25(22(20)26(31)32-4-2)27-24(30)19-12-10-18(11-13-19)23(29)17-8-6-5-7-9-17;/h5-13H,3-4,14-16H2,1-2H3,(H,27,30);1H. The maximum Gasteiger partial charge on any atom is 0.341 e. The zero-order valence-electron chi connectivity index (χ0n) is 19.1. The van der Waals surface area contributed by atoms with Crippen molar-refractivity contribution in [2.75, 3.05) is 25.0 Å². The molecule has 34 heavy (non-hydrogen) atoms. The van der Waals surface area contributed by atoms with Crippen LogP contribution in [0.5, 0.6) is 0 Å². The van der Waals surface area contributed by atoms with Crippen LogP contribution in [-0.4, -0.2) is 42.3 Å². The molecule has 4 rings (SSSR count).